The van der Waals surface area contributed by atoms with Crippen LogP contribution in [0.25, 0.3) is 0 Å². The summed E-state index contributed by atoms with van der Waals surface area (Å²) in [7, 11) is 3.31. The van der Waals surface area contributed by atoms with Gasteiger partial charge in [-0.1, -0.05) is 12.1 Å². The molecule has 3 rings (SSSR count). The molecule has 110 valence electrons. The summed E-state index contributed by atoms with van der Waals surface area (Å²) in [5, 5.41) is 3.46. The molecule has 1 heterocycles. The van der Waals surface area contributed by atoms with E-state index in [4.69, 9.17) is 15.2 Å². The number of nitrogen functional groups attached to an aromatic ring is 1. The summed E-state index contributed by atoms with van der Waals surface area (Å²) in [6.45, 7) is 1.77. The standard InChI is InChI=1S/C17H20N2O2/c1-20-16-6-3-11(8-17(16)21-2)15-10-19-9-12-7-13(18)4-5-14(12)15/h3-8,15,19H,9-10,18H2,1-2H3. The molecule has 0 radical (unpaired) electrons. The number of benzene rings is 2. The van der Waals surface area contributed by atoms with Crippen molar-refractivity contribution in [1.29, 1.82) is 0 Å². The molecule has 3 N–H and O–H groups in total. The van der Waals surface area contributed by atoms with Gasteiger partial charge in [0.15, 0.2) is 11.5 Å². The lowest BCUT2D eigenvalue weighted by molar-refractivity contribution is 0.354. The Morgan fingerprint density at radius 2 is 1.86 bits per heavy atom. The van der Waals surface area contributed by atoms with Gasteiger partial charge in [-0.05, 0) is 41.0 Å². The van der Waals surface area contributed by atoms with E-state index < -0.39 is 0 Å². The number of hydrogen-bond acceptors (Lipinski definition) is 4. The molecule has 0 bridgehead atoms. The van der Waals surface area contributed by atoms with Crippen molar-refractivity contribution >= 4 is 5.69 Å². The molecule has 1 aliphatic rings. The average Bonchev–Trinajstić information content (AvgIpc) is 2.53. The van der Waals surface area contributed by atoms with E-state index >= 15 is 0 Å². The molecule has 0 aliphatic carbocycles. The van der Waals surface area contributed by atoms with Gasteiger partial charge in [-0.2, -0.15) is 0 Å². The van der Waals surface area contributed by atoms with Gasteiger partial charge in [0.2, 0.25) is 0 Å². The minimum Gasteiger partial charge on any atom is -0.493 e. The summed E-state index contributed by atoms with van der Waals surface area (Å²) in [6.07, 6.45) is 0. The van der Waals surface area contributed by atoms with Crippen molar-refractivity contribution in [2.75, 3.05) is 26.5 Å². The van der Waals surface area contributed by atoms with E-state index in [1.165, 1.54) is 16.7 Å². The molecule has 0 fully saturated rings. The molecule has 0 saturated carbocycles. The monoisotopic (exact) mass is 284 g/mol. The Morgan fingerprint density at radius 3 is 2.62 bits per heavy atom. The predicted molar refractivity (Wildman–Crippen MR) is 84.0 cm³/mol. The second-order valence-electron chi connectivity index (χ2n) is 5.26. The van der Waals surface area contributed by atoms with Gasteiger partial charge in [-0.3, -0.25) is 0 Å². The fourth-order valence-electron chi connectivity index (χ4n) is 2.95. The van der Waals surface area contributed by atoms with Gasteiger partial charge >= 0.3 is 0 Å². The number of ether oxygens (including phenoxy) is 2. The van der Waals surface area contributed by atoms with E-state index in [1.54, 1.807) is 14.2 Å². The summed E-state index contributed by atoms with van der Waals surface area (Å²) in [6, 6.07) is 12.3. The number of anilines is 1. The highest BCUT2D eigenvalue weighted by Gasteiger charge is 2.22. The second-order valence-corrected chi connectivity index (χ2v) is 5.26. The number of nitrogens with two attached hydrogens (primary N) is 1. The van der Waals surface area contributed by atoms with Gasteiger partial charge in [-0.15, -0.1) is 0 Å². The number of nitrogens with one attached hydrogen (secondary N) is 1. The van der Waals surface area contributed by atoms with E-state index in [-0.39, 0.29) is 0 Å². The average molecular weight is 284 g/mol. The summed E-state index contributed by atoms with van der Waals surface area (Å²) in [5.41, 5.74) is 10.5. The lowest BCUT2D eigenvalue weighted by Gasteiger charge is -2.27. The lowest BCUT2D eigenvalue weighted by Crippen LogP contribution is -2.28. The van der Waals surface area contributed by atoms with E-state index in [0.29, 0.717) is 5.92 Å². The number of methoxy groups -OCH3 is 2. The predicted octanol–water partition coefficient (Wildman–Crippen LogP) is 2.52. The Bertz CT molecular complexity index is 655. The summed E-state index contributed by atoms with van der Waals surface area (Å²) < 4.78 is 10.7. The topological polar surface area (TPSA) is 56.5 Å². The van der Waals surface area contributed by atoms with E-state index in [2.05, 4.69) is 29.6 Å². The van der Waals surface area contributed by atoms with Crippen LogP contribution < -0.4 is 20.5 Å². The Morgan fingerprint density at radius 1 is 1.05 bits per heavy atom. The van der Waals surface area contributed by atoms with Crippen molar-refractivity contribution in [2.24, 2.45) is 0 Å². The zero-order chi connectivity index (χ0) is 14.8. The van der Waals surface area contributed by atoms with Gasteiger partial charge < -0.3 is 20.5 Å². The molecule has 1 atom stereocenters. The fraction of sp³-hybridized carbons (Fsp3) is 0.294. The molecule has 4 heteroatoms. The Kier molecular flexibility index (Phi) is 3.71. The molecule has 1 aliphatic heterocycles. The molecule has 4 nitrogen and oxygen atoms in total. The van der Waals surface area contributed by atoms with Crippen LogP contribution in [0.3, 0.4) is 0 Å². The highest BCUT2D eigenvalue weighted by Crippen LogP contribution is 2.36. The van der Waals surface area contributed by atoms with Crippen LogP contribution in [0.15, 0.2) is 36.4 Å². The molecule has 0 spiro atoms. The van der Waals surface area contributed by atoms with Gasteiger partial charge in [-0.25, -0.2) is 0 Å². The van der Waals surface area contributed by atoms with Gasteiger partial charge in [0.1, 0.15) is 0 Å². The summed E-state index contributed by atoms with van der Waals surface area (Å²) in [5.74, 6) is 1.81. The van der Waals surface area contributed by atoms with E-state index in [9.17, 15) is 0 Å². The fourth-order valence-corrected chi connectivity index (χ4v) is 2.95. The maximum absolute atomic E-state index is 5.89. The van der Waals surface area contributed by atoms with Crippen molar-refractivity contribution in [3.05, 3.63) is 53.1 Å². The van der Waals surface area contributed by atoms with E-state index in [1.807, 2.05) is 12.1 Å². The quantitative estimate of drug-likeness (QED) is 0.850. The summed E-state index contributed by atoms with van der Waals surface area (Å²) >= 11 is 0. The van der Waals surface area contributed by atoms with Crippen LogP contribution in [0.5, 0.6) is 11.5 Å². The van der Waals surface area contributed by atoms with Crippen molar-refractivity contribution in [3.63, 3.8) is 0 Å². The Hall–Kier alpha value is -2.20. The summed E-state index contributed by atoms with van der Waals surface area (Å²) in [4.78, 5) is 0. The molecule has 2 aromatic rings. The first-order valence-electron chi connectivity index (χ1n) is 7.04. The van der Waals surface area contributed by atoms with Gasteiger partial charge in [0, 0.05) is 24.7 Å². The Labute approximate surface area is 124 Å². The number of hydrogen-bond donors (Lipinski definition) is 2. The first-order chi connectivity index (χ1) is 10.2. The molecule has 0 aromatic heterocycles. The van der Waals surface area contributed by atoms with Crippen molar-refractivity contribution < 1.29 is 9.47 Å². The van der Waals surface area contributed by atoms with Gasteiger partial charge in [0.25, 0.3) is 0 Å². The molecule has 2 aromatic carbocycles. The highest BCUT2D eigenvalue weighted by molar-refractivity contribution is 5.51. The third-order valence-corrected chi connectivity index (χ3v) is 4.02. The SMILES string of the molecule is COc1ccc(C2CNCc3cc(N)ccc32)cc1OC. The number of fused-ring (bicyclic) bond motifs is 1. The smallest absolute Gasteiger partial charge is 0.161 e. The van der Waals surface area contributed by atoms with Crippen LogP contribution in [0.1, 0.15) is 22.6 Å². The first kappa shape index (κ1) is 13.8. The normalized spacial score (nSPS) is 17.1. The maximum atomic E-state index is 5.89. The Balaban J connectivity index is 2.02. The molecule has 21 heavy (non-hydrogen) atoms. The minimum absolute atomic E-state index is 0.300. The van der Waals surface area contributed by atoms with Gasteiger partial charge in [0.05, 0.1) is 14.2 Å². The molecule has 0 saturated heterocycles. The lowest BCUT2D eigenvalue weighted by atomic mass is 9.85. The third-order valence-electron chi connectivity index (χ3n) is 4.02. The van der Waals surface area contributed by atoms with Crippen LogP contribution in [0.2, 0.25) is 0 Å². The van der Waals surface area contributed by atoms with Crippen molar-refractivity contribution in [2.45, 2.75) is 12.5 Å². The molecular formula is C17H20N2O2. The molecule has 1 unspecified atom stereocenters. The van der Waals surface area contributed by atoms with Crippen LogP contribution in [-0.2, 0) is 6.54 Å². The largest absolute Gasteiger partial charge is 0.493 e. The van der Waals surface area contributed by atoms with Crippen LogP contribution in [0.4, 0.5) is 5.69 Å². The van der Waals surface area contributed by atoms with Crippen molar-refractivity contribution in [3.8, 4) is 11.5 Å². The van der Waals surface area contributed by atoms with Crippen molar-refractivity contribution in [1.82, 2.24) is 5.32 Å². The first-order valence-corrected chi connectivity index (χ1v) is 7.04. The third kappa shape index (κ3) is 2.54. The van der Waals surface area contributed by atoms with Crippen LogP contribution in [-0.4, -0.2) is 20.8 Å². The van der Waals surface area contributed by atoms with Crippen LogP contribution >= 0.6 is 0 Å². The zero-order valence-electron chi connectivity index (χ0n) is 12.3. The molecular weight excluding hydrogens is 264 g/mol. The minimum atomic E-state index is 0.300. The van der Waals surface area contributed by atoms with E-state index in [0.717, 1.165) is 30.3 Å². The maximum Gasteiger partial charge on any atom is 0.161 e. The van der Waals surface area contributed by atoms with Crippen LogP contribution in [0, 0.1) is 0 Å². The highest BCUT2D eigenvalue weighted by atomic mass is 16.5. The number of rotatable bonds is 3. The second kappa shape index (κ2) is 5.66. The molecule has 0 amide bonds. The zero-order valence-corrected chi connectivity index (χ0v) is 12.3.